The second kappa shape index (κ2) is 10.9. The Morgan fingerprint density at radius 1 is 1.42 bits per heavy atom. The standard InChI is InChI=1S/C17H26N2O4S/c1-4-5-6-7-13(2)18-17(20)12-24-11-14-8-9-16(23-3)15(10-14)19(21)22/h8-10,13H,4-7,11-12H2,1-3H3,(H,18,20)/t13-/m0/s1. The molecule has 0 unspecified atom stereocenters. The minimum Gasteiger partial charge on any atom is -0.490 e. The van der Waals surface area contributed by atoms with Gasteiger partial charge in [-0.05, 0) is 25.0 Å². The van der Waals surface area contributed by atoms with E-state index < -0.39 is 4.92 Å². The van der Waals surface area contributed by atoms with Gasteiger partial charge in [0.15, 0.2) is 5.75 Å². The van der Waals surface area contributed by atoms with Gasteiger partial charge in [-0.25, -0.2) is 0 Å². The molecule has 24 heavy (non-hydrogen) atoms. The van der Waals surface area contributed by atoms with Crippen molar-refractivity contribution in [3.05, 3.63) is 33.9 Å². The predicted octanol–water partition coefficient (Wildman–Crippen LogP) is 3.92. The molecule has 1 rings (SSSR count). The molecular formula is C17H26N2O4S. The Morgan fingerprint density at radius 3 is 2.79 bits per heavy atom. The van der Waals surface area contributed by atoms with Crippen molar-refractivity contribution in [2.24, 2.45) is 0 Å². The van der Waals surface area contributed by atoms with E-state index in [1.165, 1.54) is 37.8 Å². The molecule has 1 atom stereocenters. The van der Waals surface area contributed by atoms with E-state index in [1.54, 1.807) is 12.1 Å². The Hall–Kier alpha value is -1.76. The summed E-state index contributed by atoms with van der Waals surface area (Å²) in [5.74, 6) is 1.14. The topological polar surface area (TPSA) is 81.5 Å². The molecule has 134 valence electrons. The number of thioether (sulfide) groups is 1. The highest BCUT2D eigenvalue weighted by molar-refractivity contribution is 7.99. The molecule has 0 aliphatic carbocycles. The number of rotatable bonds is 11. The first-order chi connectivity index (χ1) is 11.5. The number of methoxy groups -OCH3 is 1. The number of benzene rings is 1. The van der Waals surface area contributed by atoms with Crippen LogP contribution < -0.4 is 10.1 Å². The first-order valence-electron chi connectivity index (χ1n) is 8.16. The smallest absolute Gasteiger partial charge is 0.311 e. The SMILES string of the molecule is CCCCC[C@H](C)NC(=O)CSCc1ccc(OC)c([N+](=O)[O-])c1. The second-order valence-corrected chi connectivity index (χ2v) is 6.71. The average Bonchev–Trinajstić information content (AvgIpc) is 2.54. The number of nitro groups is 1. The fourth-order valence-corrected chi connectivity index (χ4v) is 3.10. The third kappa shape index (κ3) is 7.21. The monoisotopic (exact) mass is 354 g/mol. The third-order valence-electron chi connectivity index (χ3n) is 3.59. The molecule has 1 N–H and O–H groups in total. The number of hydrogen-bond donors (Lipinski definition) is 1. The van der Waals surface area contributed by atoms with Crippen molar-refractivity contribution >= 4 is 23.4 Å². The number of hydrogen-bond acceptors (Lipinski definition) is 5. The minimum absolute atomic E-state index is 0.00649. The molecule has 0 bridgehead atoms. The van der Waals surface area contributed by atoms with E-state index in [4.69, 9.17) is 4.74 Å². The molecule has 6 nitrogen and oxygen atoms in total. The van der Waals surface area contributed by atoms with Gasteiger partial charge in [-0.1, -0.05) is 32.3 Å². The van der Waals surface area contributed by atoms with Gasteiger partial charge in [0.1, 0.15) is 0 Å². The van der Waals surface area contributed by atoms with Gasteiger partial charge in [0.05, 0.1) is 17.8 Å². The van der Waals surface area contributed by atoms with E-state index in [2.05, 4.69) is 12.2 Å². The molecule has 0 aliphatic heterocycles. The van der Waals surface area contributed by atoms with Crippen molar-refractivity contribution in [1.82, 2.24) is 5.32 Å². The Bertz CT molecular complexity index is 551. The molecule has 0 aromatic heterocycles. The Balaban J connectivity index is 2.40. The van der Waals surface area contributed by atoms with Gasteiger partial charge in [-0.15, -0.1) is 11.8 Å². The lowest BCUT2D eigenvalue weighted by atomic mass is 10.1. The number of nitro benzene ring substituents is 1. The lowest BCUT2D eigenvalue weighted by molar-refractivity contribution is -0.385. The molecule has 0 saturated carbocycles. The van der Waals surface area contributed by atoms with Gasteiger partial charge in [0.2, 0.25) is 5.91 Å². The van der Waals surface area contributed by atoms with Crippen LogP contribution in [0.15, 0.2) is 18.2 Å². The molecule has 7 heteroatoms. The van der Waals surface area contributed by atoms with Gasteiger partial charge < -0.3 is 10.1 Å². The summed E-state index contributed by atoms with van der Waals surface area (Å²) in [5, 5.41) is 14.0. The summed E-state index contributed by atoms with van der Waals surface area (Å²) in [7, 11) is 1.41. The largest absolute Gasteiger partial charge is 0.490 e. The molecule has 0 saturated heterocycles. The predicted molar refractivity (Wildman–Crippen MR) is 97.6 cm³/mol. The first kappa shape index (κ1) is 20.3. The quantitative estimate of drug-likeness (QED) is 0.370. The van der Waals surface area contributed by atoms with Crippen LogP contribution in [0.3, 0.4) is 0 Å². The summed E-state index contributed by atoms with van der Waals surface area (Å²) < 4.78 is 4.98. The van der Waals surface area contributed by atoms with Crippen LogP contribution in [0.2, 0.25) is 0 Å². The Kier molecular flexibility index (Phi) is 9.22. The molecule has 0 spiro atoms. The third-order valence-corrected chi connectivity index (χ3v) is 4.59. The van der Waals surface area contributed by atoms with Gasteiger partial charge in [-0.3, -0.25) is 14.9 Å². The van der Waals surface area contributed by atoms with Gasteiger partial charge >= 0.3 is 5.69 Å². The molecule has 1 aromatic rings. The van der Waals surface area contributed by atoms with E-state index in [9.17, 15) is 14.9 Å². The van der Waals surface area contributed by atoms with Gasteiger partial charge in [0.25, 0.3) is 0 Å². The van der Waals surface area contributed by atoms with Crippen molar-refractivity contribution in [2.45, 2.75) is 51.3 Å². The maximum atomic E-state index is 11.9. The fraction of sp³-hybridized carbons (Fsp3) is 0.588. The van der Waals surface area contributed by atoms with E-state index in [-0.39, 0.29) is 23.4 Å². The number of nitrogens with zero attached hydrogens (tertiary/aromatic N) is 1. The molecule has 0 radical (unpaired) electrons. The number of amides is 1. The molecular weight excluding hydrogens is 328 g/mol. The lowest BCUT2D eigenvalue weighted by Gasteiger charge is -2.13. The van der Waals surface area contributed by atoms with Crippen LogP contribution in [0.1, 0.15) is 45.1 Å². The molecule has 1 aromatic carbocycles. The summed E-state index contributed by atoms with van der Waals surface area (Å²) >= 11 is 1.44. The number of nitrogens with one attached hydrogen (secondary N) is 1. The second-order valence-electron chi connectivity index (χ2n) is 5.72. The van der Waals surface area contributed by atoms with Crippen LogP contribution in [-0.4, -0.2) is 29.7 Å². The highest BCUT2D eigenvalue weighted by atomic mass is 32.2. The number of carbonyl (C=O) groups is 1. The van der Waals surface area contributed by atoms with Crippen molar-refractivity contribution in [1.29, 1.82) is 0 Å². The summed E-state index contributed by atoms with van der Waals surface area (Å²) in [6, 6.07) is 5.05. The number of carbonyl (C=O) groups excluding carboxylic acids is 1. The van der Waals surface area contributed by atoms with Crippen molar-refractivity contribution in [2.75, 3.05) is 12.9 Å². The highest BCUT2D eigenvalue weighted by Crippen LogP contribution is 2.28. The molecule has 1 amide bonds. The summed E-state index contributed by atoms with van der Waals surface area (Å²) in [5.41, 5.74) is 0.751. The van der Waals surface area contributed by atoms with E-state index in [0.717, 1.165) is 18.4 Å². The highest BCUT2D eigenvalue weighted by Gasteiger charge is 2.15. The van der Waals surface area contributed by atoms with E-state index in [1.807, 2.05) is 6.92 Å². The van der Waals surface area contributed by atoms with Crippen LogP contribution in [0.5, 0.6) is 5.75 Å². The number of ether oxygens (including phenoxy) is 1. The average molecular weight is 354 g/mol. The first-order valence-corrected chi connectivity index (χ1v) is 9.31. The Labute approximate surface area is 147 Å². The number of unbranched alkanes of at least 4 members (excludes halogenated alkanes) is 2. The summed E-state index contributed by atoms with van der Waals surface area (Å²) in [6.45, 7) is 4.18. The van der Waals surface area contributed by atoms with E-state index in [0.29, 0.717) is 11.5 Å². The van der Waals surface area contributed by atoms with Crippen LogP contribution in [-0.2, 0) is 10.5 Å². The zero-order valence-electron chi connectivity index (χ0n) is 14.5. The normalized spacial score (nSPS) is 11.8. The minimum atomic E-state index is -0.461. The van der Waals surface area contributed by atoms with Crippen molar-refractivity contribution in [3.63, 3.8) is 0 Å². The van der Waals surface area contributed by atoms with Crippen LogP contribution in [0, 0.1) is 10.1 Å². The molecule has 0 fully saturated rings. The summed E-state index contributed by atoms with van der Waals surface area (Å²) in [6.07, 6.45) is 4.48. The molecule has 0 aliphatic rings. The van der Waals surface area contributed by atoms with Crippen LogP contribution in [0.4, 0.5) is 5.69 Å². The zero-order chi connectivity index (χ0) is 17.9. The van der Waals surface area contributed by atoms with Gasteiger partial charge in [-0.2, -0.15) is 0 Å². The Morgan fingerprint density at radius 2 is 2.17 bits per heavy atom. The van der Waals surface area contributed by atoms with Gasteiger partial charge in [0, 0.05) is 17.9 Å². The van der Waals surface area contributed by atoms with Crippen molar-refractivity contribution in [3.8, 4) is 5.75 Å². The van der Waals surface area contributed by atoms with Crippen molar-refractivity contribution < 1.29 is 14.5 Å². The van der Waals surface area contributed by atoms with E-state index >= 15 is 0 Å². The summed E-state index contributed by atoms with van der Waals surface area (Å²) in [4.78, 5) is 22.4. The maximum Gasteiger partial charge on any atom is 0.311 e. The van der Waals surface area contributed by atoms with Crippen LogP contribution >= 0.6 is 11.8 Å². The lowest BCUT2D eigenvalue weighted by Crippen LogP contribution is -2.33. The zero-order valence-corrected chi connectivity index (χ0v) is 15.4. The maximum absolute atomic E-state index is 11.9. The van der Waals surface area contributed by atoms with Crippen LogP contribution in [0.25, 0.3) is 0 Å². The molecule has 0 heterocycles. The fourth-order valence-electron chi connectivity index (χ4n) is 2.32.